The Balaban J connectivity index is 1.57. The smallest absolute Gasteiger partial charge is 0.223 e. The van der Waals surface area contributed by atoms with E-state index in [4.69, 9.17) is 4.98 Å². The molecule has 4 rings (SSSR count). The van der Waals surface area contributed by atoms with E-state index >= 15 is 0 Å². The maximum Gasteiger partial charge on any atom is 0.223 e. The minimum Gasteiger partial charge on any atom is -0.351 e. The van der Waals surface area contributed by atoms with Crippen molar-refractivity contribution in [2.24, 2.45) is 7.05 Å². The molecule has 2 aromatic heterocycles. The number of nitrogens with one attached hydrogen (secondary N) is 1. The summed E-state index contributed by atoms with van der Waals surface area (Å²) in [6.45, 7) is 4.10. The fraction of sp³-hybridized carbons (Fsp3) is 0.350. The quantitative estimate of drug-likeness (QED) is 0.797. The lowest BCUT2D eigenvalue weighted by Crippen LogP contribution is -2.28. The summed E-state index contributed by atoms with van der Waals surface area (Å²) >= 11 is 0. The second-order valence-electron chi connectivity index (χ2n) is 6.79. The van der Waals surface area contributed by atoms with Gasteiger partial charge in [0, 0.05) is 30.5 Å². The molecule has 1 atom stereocenters. The highest BCUT2D eigenvalue weighted by molar-refractivity contribution is 5.65. The molecule has 1 aliphatic rings. The standard InChI is InChI=1S/C20H23N5/c1-13-19(14(2)25(3)24-13)18-10-11-21-20(23-18)22-17-9-8-15-6-4-5-7-16(15)12-17/h4-7,10-11,17H,8-9,12H2,1-3H3,(H,21,22,23). The molecule has 0 radical (unpaired) electrons. The highest BCUT2D eigenvalue weighted by atomic mass is 15.3. The van der Waals surface area contributed by atoms with Crippen molar-refractivity contribution in [3.63, 3.8) is 0 Å². The maximum absolute atomic E-state index is 4.75. The summed E-state index contributed by atoms with van der Waals surface area (Å²) in [7, 11) is 1.96. The molecule has 3 aromatic rings. The van der Waals surface area contributed by atoms with Crippen LogP contribution in [-0.2, 0) is 19.9 Å². The average Bonchev–Trinajstić information content (AvgIpc) is 2.87. The predicted molar refractivity (Wildman–Crippen MR) is 99.6 cm³/mol. The van der Waals surface area contributed by atoms with Gasteiger partial charge in [-0.2, -0.15) is 5.10 Å². The van der Waals surface area contributed by atoms with Gasteiger partial charge in [0.15, 0.2) is 0 Å². The lowest BCUT2D eigenvalue weighted by Gasteiger charge is -2.25. The molecule has 0 saturated heterocycles. The molecule has 0 saturated carbocycles. The van der Waals surface area contributed by atoms with Crippen LogP contribution in [0.3, 0.4) is 0 Å². The van der Waals surface area contributed by atoms with Gasteiger partial charge < -0.3 is 5.32 Å². The molecule has 1 aromatic carbocycles. The highest BCUT2D eigenvalue weighted by Gasteiger charge is 2.19. The van der Waals surface area contributed by atoms with Crippen LogP contribution >= 0.6 is 0 Å². The average molecular weight is 333 g/mol. The number of benzene rings is 1. The molecule has 0 aliphatic heterocycles. The van der Waals surface area contributed by atoms with E-state index in [2.05, 4.69) is 46.6 Å². The number of anilines is 1. The SMILES string of the molecule is Cc1nn(C)c(C)c1-c1ccnc(NC2CCc3ccccc3C2)n1. The van der Waals surface area contributed by atoms with Crippen molar-refractivity contribution in [2.75, 3.05) is 5.32 Å². The maximum atomic E-state index is 4.75. The number of nitrogens with zero attached hydrogens (tertiary/aromatic N) is 4. The molecule has 1 aliphatic carbocycles. The Morgan fingerprint density at radius 1 is 1.12 bits per heavy atom. The summed E-state index contributed by atoms with van der Waals surface area (Å²) < 4.78 is 1.90. The van der Waals surface area contributed by atoms with Crippen LogP contribution in [0.1, 0.15) is 28.9 Å². The Hall–Kier alpha value is -2.69. The van der Waals surface area contributed by atoms with Crippen molar-refractivity contribution in [3.05, 3.63) is 59.0 Å². The van der Waals surface area contributed by atoms with E-state index in [1.807, 2.05) is 30.9 Å². The van der Waals surface area contributed by atoms with Crippen LogP contribution in [0, 0.1) is 13.8 Å². The van der Waals surface area contributed by atoms with Crippen molar-refractivity contribution in [3.8, 4) is 11.3 Å². The Bertz CT molecular complexity index is 912. The Morgan fingerprint density at radius 2 is 1.92 bits per heavy atom. The van der Waals surface area contributed by atoms with Crippen LogP contribution in [0.4, 0.5) is 5.95 Å². The van der Waals surface area contributed by atoms with E-state index in [-0.39, 0.29) is 0 Å². The van der Waals surface area contributed by atoms with E-state index in [0.717, 1.165) is 41.9 Å². The summed E-state index contributed by atoms with van der Waals surface area (Å²) in [5.41, 5.74) is 7.04. The zero-order valence-electron chi connectivity index (χ0n) is 15.0. The largest absolute Gasteiger partial charge is 0.351 e. The number of rotatable bonds is 3. The van der Waals surface area contributed by atoms with Gasteiger partial charge in [-0.1, -0.05) is 24.3 Å². The zero-order valence-corrected chi connectivity index (χ0v) is 15.0. The molecule has 0 spiro atoms. The number of aryl methyl sites for hydroxylation is 3. The lowest BCUT2D eigenvalue weighted by atomic mass is 9.88. The normalized spacial score (nSPS) is 16.5. The molecule has 2 heterocycles. The number of aromatic nitrogens is 4. The number of hydrogen-bond acceptors (Lipinski definition) is 4. The first-order chi connectivity index (χ1) is 12.1. The van der Waals surface area contributed by atoms with Gasteiger partial charge in [0.25, 0.3) is 0 Å². The third-order valence-corrected chi connectivity index (χ3v) is 5.10. The van der Waals surface area contributed by atoms with Crippen molar-refractivity contribution in [2.45, 2.75) is 39.2 Å². The first-order valence-electron chi connectivity index (χ1n) is 8.79. The van der Waals surface area contributed by atoms with Crippen LogP contribution in [0.2, 0.25) is 0 Å². The van der Waals surface area contributed by atoms with Crippen molar-refractivity contribution >= 4 is 5.95 Å². The Kier molecular flexibility index (Phi) is 3.99. The lowest BCUT2D eigenvalue weighted by molar-refractivity contribution is 0.606. The summed E-state index contributed by atoms with van der Waals surface area (Å²) in [5.74, 6) is 0.699. The molecular formula is C20H23N5. The van der Waals surface area contributed by atoms with Gasteiger partial charge in [0.05, 0.1) is 11.4 Å². The summed E-state index contributed by atoms with van der Waals surface area (Å²) in [5, 5.41) is 8.02. The van der Waals surface area contributed by atoms with Gasteiger partial charge in [0.2, 0.25) is 5.95 Å². The first-order valence-corrected chi connectivity index (χ1v) is 8.79. The van der Waals surface area contributed by atoms with E-state index in [9.17, 15) is 0 Å². The summed E-state index contributed by atoms with van der Waals surface area (Å²) in [6, 6.07) is 11.0. The van der Waals surface area contributed by atoms with Crippen LogP contribution in [-0.4, -0.2) is 25.8 Å². The van der Waals surface area contributed by atoms with Crippen molar-refractivity contribution < 1.29 is 0 Å². The summed E-state index contributed by atoms with van der Waals surface area (Å²) in [6.07, 6.45) is 5.06. The molecule has 5 heteroatoms. The molecule has 128 valence electrons. The Morgan fingerprint density at radius 3 is 2.68 bits per heavy atom. The van der Waals surface area contributed by atoms with Crippen molar-refractivity contribution in [1.29, 1.82) is 0 Å². The van der Waals surface area contributed by atoms with E-state index in [1.54, 1.807) is 0 Å². The topological polar surface area (TPSA) is 55.6 Å². The monoisotopic (exact) mass is 333 g/mol. The van der Waals surface area contributed by atoms with Gasteiger partial charge in [-0.25, -0.2) is 9.97 Å². The third kappa shape index (κ3) is 3.02. The molecular weight excluding hydrogens is 310 g/mol. The Labute approximate surface area is 148 Å². The predicted octanol–water partition coefficient (Wildman–Crippen LogP) is 3.46. The molecule has 1 unspecified atom stereocenters. The zero-order chi connectivity index (χ0) is 17.4. The fourth-order valence-electron chi connectivity index (χ4n) is 3.72. The van der Waals surface area contributed by atoms with Gasteiger partial charge in [-0.15, -0.1) is 0 Å². The molecule has 0 fully saturated rings. The highest BCUT2D eigenvalue weighted by Crippen LogP contribution is 2.26. The first kappa shape index (κ1) is 15.8. The molecule has 25 heavy (non-hydrogen) atoms. The van der Waals surface area contributed by atoms with E-state index in [1.165, 1.54) is 11.1 Å². The number of hydrogen-bond donors (Lipinski definition) is 1. The van der Waals surface area contributed by atoms with Crippen LogP contribution < -0.4 is 5.32 Å². The second kappa shape index (κ2) is 6.31. The fourth-order valence-corrected chi connectivity index (χ4v) is 3.72. The van der Waals surface area contributed by atoms with Gasteiger partial charge >= 0.3 is 0 Å². The van der Waals surface area contributed by atoms with Gasteiger partial charge in [0.1, 0.15) is 0 Å². The minimum atomic E-state index is 0.376. The third-order valence-electron chi connectivity index (χ3n) is 5.10. The van der Waals surface area contributed by atoms with Crippen LogP contribution in [0.15, 0.2) is 36.5 Å². The van der Waals surface area contributed by atoms with Crippen LogP contribution in [0.5, 0.6) is 0 Å². The van der Waals surface area contributed by atoms with Gasteiger partial charge in [-0.05, 0) is 50.3 Å². The molecule has 1 N–H and O–H groups in total. The summed E-state index contributed by atoms with van der Waals surface area (Å²) in [4.78, 5) is 9.18. The number of fused-ring (bicyclic) bond motifs is 1. The molecule has 0 amide bonds. The van der Waals surface area contributed by atoms with E-state index in [0.29, 0.717) is 12.0 Å². The van der Waals surface area contributed by atoms with Crippen LogP contribution in [0.25, 0.3) is 11.3 Å². The second-order valence-corrected chi connectivity index (χ2v) is 6.79. The van der Waals surface area contributed by atoms with Crippen molar-refractivity contribution in [1.82, 2.24) is 19.7 Å². The molecule has 5 nitrogen and oxygen atoms in total. The molecule has 0 bridgehead atoms. The van der Waals surface area contributed by atoms with E-state index < -0.39 is 0 Å². The van der Waals surface area contributed by atoms with Gasteiger partial charge in [-0.3, -0.25) is 4.68 Å². The minimum absolute atomic E-state index is 0.376.